The Hall–Kier alpha value is -3.46. The Bertz CT molecular complexity index is 1160. The van der Waals surface area contributed by atoms with Crippen molar-refractivity contribution in [3.63, 3.8) is 0 Å². The summed E-state index contributed by atoms with van der Waals surface area (Å²) in [4.78, 5) is 38.5. The van der Waals surface area contributed by atoms with E-state index in [2.05, 4.69) is 0 Å². The molecular weight excluding hydrogens is 459 g/mol. The topological polar surface area (TPSA) is 97.4 Å². The molecule has 184 valence electrons. The van der Waals surface area contributed by atoms with Crippen LogP contribution in [-0.4, -0.2) is 47.9 Å². The maximum Gasteiger partial charge on any atom is 0.338 e. The molecule has 3 aliphatic heterocycles. The summed E-state index contributed by atoms with van der Waals surface area (Å²) in [5, 5.41) is 0. The fourth-order valence-electron chi connectivity index (χ4n) is 4.68. The van der Waals surface area contributed by atoms with Crippen LogP contribution in [-0.2, 0) is 23.8 Å². The lowest BCUT2D eigenvalue weighted by Crippen LogP contribution is -2.48. The van der Waals surface area contributed by atoms with Crippen molar-refractivity contribution in [2.75, 3.05) is 0 Å². The molecule has 0 spiro atoms. The molecule has 3 saturated heterocycles. The van der Waals surface area contributed by atoms with Gasteiger partial charge in [0.15, 0.2) is 23.8 Å². The van der Waals surface area contributed by atoms with Gasteiger partial charge in [0.25, 0.3) is 0 Å². The molecule has 0 radical (unpaired) electrons. The number of para-hydroxylation sites is 1. The Labute approximate surface area is 201 Å². The Morgan fingerprint density at radius 3 is 2.51 bits per heavy atom. The van der Waals surface area contributed by atoms with Gasteiger partial charge in [-0.1, -0.05) is 25.1 Å². The van der Waals surface area contributed by atoms with Crippen molar-refractivity contribution in [3.8, 4) is 11.5 Å². The number of carbonyl (C=O) groups is 3. The zero-order chi connectivity index (χ0) is 24.9. The molecule has 0 amide bonds. The van der Waals surface area contributed by atoms with Gasteiger partial charge < -0.3 is 23.7 Å². The van der Waals surface area contributed by atoms with Crippen molar-refractivity contribution in [1.82, 2.24) is 0 Å². The fourth-order valence-corrected chi connectivity index (χ4v) is 4.68. The molecule has 2 bridgehead atoms. The molecule has 5 rings (SSSR count). The number of fused-ring (bicyclic) bond motifs is 1. The molecule has 3 aliphatic rings. The van der Waals surface area contributed by atoms with E-state index in [1.165, 1.54) is 12.1 Å². The van der Waals surface area contributed by atoms with Crippen molar-refractivity contribution in [1.29, 1.82) is 0 Å². The number of hydrogen-bond donors (Lipinski definition) is 0. The van der Waals surface area contributed by atoms with E-state index in [9.17, 15) is 18.8 Å². The first kappa shape index (κ1) is 23.3. The second-order valence-corrected chi connectivity index (χ2v) is 9.48. The van der Waals surface area contributed by atoms with Crippen LogP contribution in [0.15, 0.2) is 48.5 Å². The van der Waals surface area contributed by atoms with Crippen molar-refractivity contribution in [2.45, 2.75) is 57.2 Å². The van der Waals surface area contributed by atoms with Gasteiger partial charge in [-0.05, 0) is 50.6 Å². The van der Waals surface area contributed by atoms with Gasteiger partial charge in [-0.25, -0.2) is 9.18 Å². The van der Waals surface area contributed by atoms with Crippen LogP contribution in [0.5, 0.6) is 11.5 Å². The molecule has 0 N–H and O–H groups in total. The van der Waals surface area contributed by atoms with Gasteiger partial charge in [0.2, 0.25) is 0 Å². The average molecular weight is 484 g/mol. The maximum atomic E-state index is 14.3. The Kier molecular flexibility index (Phi) is 5.75. The quantitative estimate of drug-likeness (QED) is 0.435. The molecule has 3 heterocycles. The lowest BCUT2D eigenvalue weighted by Gasteiger charge is -2.27. The predicted molar refractivity (Wildman–Crippen MR) is 118 cm³/mol. The van der Waals surface area contributed by atoms with Crippen LogP contribution in [0, 0.1) is 17.7 Å². The zero-order valence-corrected chi connectivity index (χ0v) is 19.4. The number of esters is 3. The second kappa shape index (κ2) is 8.64. The minimum Gasteiger partial charge on any atom is -0.485 e. The molecule has 0 aromatic heterocycles. The van der Waals surface area contributed by atoms with Gasteiger partial charge in [0, 0.05) is 0 Å². The van der Waals surface area contributed by atoms with E-state index in [4.69, 9.17) is 23.7 Å². The van der Waals surface area contributed by atoms with E-state index < -0.39 is 65.6 Å². The third-order valence-electron chi connectivity index (χ3n) is 6.79. The second-order valence-electron chi connectivity index (χ2n) is 9.48. The van der Waals surface area contributed by atoms with Crippen molar-refractivity contribution < 1.29 is 42.5 Å². The number of rotatable bonds is 7. The molecule has 8 nitrogen and oxygen atoms in total. The van der Waals surface area contributed by atoms with Crippen LogP contribution >= 0.6 is 0 Å². The van der Waals surface area contributed by atoms with E-state index in [0.29, 0.717) is 12.2 Å². The first-order valence-electron chi connectivity index (χ1n) is 11.5. The summed E-state index contributed by atoms with van der Waals surface area (Å²) < 4.78 is 42.4. The summed E-state index contributed by atoms with van der Waals surface area (Å²) >= 11 is 0. The van der Waals surface area contributed by atoms with Gasteiger partial charge in [0.05, 0.1) is 5.56 Å². The Morgan fingerprint density at radius 2 is 1.80 bits per heavy atom. The van der Waals surface area contributed by atoms with Crippen LogP contribution in [0.3, 0.4) is 0 Å². The number of ether oxygens (including phenoxy) is 5. The van der Waals surface area contributed by atoms with Crippen LogP contribution in [0.4, 0.5) is 4.39 Å². The normalized spacial score (nSPS) is 28.5. The van der Waals surface area contributed by atoms with Crippen molar-refractivity contribution in [2.24, 2.45) is 11.8 Å². The van der Waals surface area contributed by atoms with E-state index in [0.717, 1.165) is 6.07 Å². The lowest BCUT2D eigenvalue weighted by atomic mass is 9.78. The number of hydrogen-bond acceptors (Lipinski definition) is 8. The van der Waals surface area contributed by atoms with Crippen LogP contribution in [0.25, 0.3) is 0 Å². The average Bonchev–Trinajstić information content (AvgIpc) is 3.45. The van der Waals surface area contributed by atoms with Gasteiger partial charge >= 0.3 is 17.9 Å². The highest BCUT2D eigenvalue weighted by Gasteiger charge is 2.72. The van der Waals surface area contributed by atoms with E-state index in [1.54, 1.807) is 30.3 Å². The summed E-state index contributed by atoms with van der Waals surface area (Å²) in [7, 11) is 0. The highest BCUT2D eigenvalue weighted by Crippen LogP contribution is 2.51. The van der Waals surface area contributed by atoms with E-state index >= 15 is 0 Å². The van der Waals surface area contributed by atoms with Gasteiger partial charge in [-0.15, -0.1) is 0 Å². The summed E-state index contributed by atoms with van der Waals surface area (Å²) in [6.07, 6.45) is -2.83. The van der Waals surface area contributed by atoms with Crippen LogP contribution < -0.4 is 9.47 Å². The summed E-state index contributed by atoms with van der Waals surface area (Å²) in [5.41, 5.74) is -0.582. The van der Waals surface area contributed by atoms with Crippen molar-refractivity contribution >= 4 is 17.9 Å². The van der Waals surface area contributed by atoms with E-state index in [1.807, 2.05) is 20.8 Å². The summed E-state index contributed by atoms with van der Waals surface area (Å²) in [6.45, 7) is 5.52. The van der Waals surface area contributed by atoms with Crippen LogP contribution in [0.1, 0.15) is 37.6 Å². The molecule has 6 atom stereocenters. The largest absolute Gasteiger partial charge is 0.485 e. The molecule has 2 aromatic rings. The van der Waals surface area contributed by atoms with Gasteiger partial charge in [0.1, 0.15) is 35.4 Å². The zero-order valence-electron chi connectivity index (χ0n) is 19.4. The molecule has 6 unspecified atom stereocenters. The number of benzene rings is 2. The highest BCUT2D eigenvalue weighted by molar-refractivity contribution is 5.91. The van der Waals surface area contributed by atoms with Gasteiger partial charge in [-0.2, -0.15) is 0 Å². The first-order valence-corrected chi connectivity index (χ1v) is 11.5. The van der Waals surface area contributed by atoms with Gasteiger partial charge in [-0.3, -0.25) is 9.59 Å². The number of halogens is 1. The molecule has 3 fully saturated rings. The maximum absolute atomic E-state index is 14.3. The molecular formula is C26H25FO8. The lowest BCUT2D eigenvalue weighted by molar-refractivity contribution is -0.149. The SMILES string of the molecule is CCC(C)(C)Oc1cc(C(=O)OC2C3OC(=O)C4C3OC2C4C(=O)Oc2ccccc2)ccc1F. The Morgan fingerprint density at radius 1 is 1.06 bits per heavy atom. The van der Waals surface area contributed by atoms with E-state index in [-0.39, 0.29) is 11.3 Å². The standard InChI is InChI=1S/C26H25FO8/c1-4-26(2,3)35-16-12-13(10-11-15(16)27)23(28)33-21-19-17(18-20(32-19)22(21)34-25(18)30)24(29)31-14-8-6-5-7-9-14/h5-12,17-22H,4H2,1-3H3. The molecule has 0 saturated carbocycles. The summed E-state index contributed by atoms with van der Waals surface area (Å²) in [5.74, 6) is -4.19. The smallest absolute Gasteiger partial charge is 0.338 e. The molecule has 35 heavy (non-hydrogen) atoms. The Balaban J connectivity index is 1.35. The third-order valence-corrected chi connectivity index (χ3v) is 6.79. The highest BCUT2D eigenvalue weighted by atomic mass is 19.1. The minimum atomic E-state index is -1.01. The summed E-state index contributed by atoms with van der Waals surface area (Å²) in [6, 6.07) is 12.1. The monoisotopic (exact) mass is 484 g/mol. The minimum absolute atomic E-state index is 0.0559. The third kappa shape index (κ3) is 4.14. The predicted octanol–water partition coefficient (Wildman–Crippen LogP) is 3.46. The fraction of sp³-hybridized carbons (Fsp3) is 0.423. The van der Waals surface area contributed by atoms with Crippen LogP contribution in [0.2, 0.25) is 0 Å². The number of carbonyl (C=O) groups excluding carboxylic acids is 3. The van der Waals surface area contributed by atoms with Crippen molar-refractivity contribution in [3.05, 3.63) is 59.9 Å². The molecule has 9 heteroatoms. The molecule has 0 aliphatic carbocycles. The molecule has 2 aromatic carbocycles. The first-order chi connectivity index (χ1) is 16.7.